The Bertz CT molecular complexity index is 1710. The second kappa shape index (κ2) is 12.9. The van der Waals surface area contributed by atoms with E-state index in [0.717, 1.165) is 10.2 Å². The number of rotatable bonds is 11. The Labute approximate surface area is 246 Å². The number of hydrazone groups is 1. The lowest BCUT2D eigenvalue weighted by Crippen LogP contribution is -2.21. The predicted octanol–water partition coefficient (Wildman–Crippen LogP) is 4.06. The van der Waals surface area contributed by atoms with Crippen LogP contribution in [0.2, 0.25) is 0 Å². The minimum absolute atomic E-state index is 0.00859. The normalized spacial score (nSPS) is 11.0. The van der Waals surface area contributed by atoms with Gasteiger partial charge in [-0.05, 0) is 73.8 Å². The highest BCUT2D eigenvalue weighted by atomic mass is 79.9. The molecule has 1 amide bonds. The lowest BCUT2D eigenvalue weighted by atomic mass is 10.2. The second-order valence-corrected chi connectivity index (χ2v) is 9.37. The van der Waals surface area contributed by atoms with Gasteiger partial charge in [0.2, 0.25) is 11.6 Å². The minimum Gasteiger partial charge on any atom is -0.493 e. The zero-order valence-electron chi connectivity index (χ0n) is 21.9. The molecule has 0 aliphatic carbocycles. The fraction of sp³-hybridized carbons (Fsp3) is 0.111. The Kier molecular flexibility index (Phi) is 8.67. The number of methoxy groups -OCH3 is 1. The van der Waals surface area contributed by atoms with Crippen molar-refractivity contribution in [2.75, 3.05) is 12.8 Å². The number of carbonyl (C=O) groups is 1. The fourth-order valence-corrected chi connectivity index (χ4v) is 4.27. The number of nitrogen functional groups attached to an aromatic ring is 1. The molecule has 2 aromatic heterocycles. The van der Waals surface area contributed by atoms with Crippen LogP contribution in [0, 0.1) is 5.82 Å². The molecule has 0 unspecified atom stereocenters. The van der Waals surface area contributed by atoms with Crippen LogP contribution >= 0.6 is 15.9 Å². The number of aromatic nitrogens is 5. The smallest absolute Gasteiger partial charge is 0.293 e. The van der Waals surface area contributed by atoms with Gasteiger partial charge >= 0.3 is 0 Å². The number of nitrogens with zero attached hydrogens (tertiary/aromatic N) is 6. The summed E-state index contributed by atoms with van der Waals surface area (Å²) in [5.41, 5.74) is 9.87. The van der Waals surface area contributed by atoms with E-state index in [1.165, 1.54) is 37.6 Å². The molecule has 0 aliphatic rings. The molecule has 0 radical (unpaired) electrons. The van der Waals surface area contributed by atoms with Gasteiger partial charge in [0.25, 0.3) is 5.91 Å². The number of amides is 1. The largest absolute Gasteiger partial charge is 0.493 e. The summed E-state index contributed by atoms with van der Waals surface area (Å²) in [5.74, 6) is 0.140. The monoisotopic (exact) mass is 636 g/mol. The van der Waals surface area contributed by atoms with Crippen LogP contribution in [0.15, 0.2) is 80.9 Å². The molecule has 2 heterocycles. The van der Waals surface area contributed by atoms with Crippen molar-refractivity contribution in [2.24, 2.45) is 5.10 Å². The van der Waals surface area contributed by atoms with Gasteiger partial charge in [-0.2, -0.15) is 9.78 Å². The lowest BCUT2D eigenvalue weighted by Gasteiger charge is -2.13. The van der Waals surface area contributed by atoms with Gasteiger partial charge in [0, 0.05) is 0 Å². The Balaban J connectivity index is 1.32. The number of hydrogen-bond donors (Lipinski definition) is 2. The van der Waals surface area contributed by atoms with Crippen LogP contribution in [0.4, 0.5) is 10.2 Å². The predicted molar refractivity (Wildman–Crippen MR) is 151 cm³/mol. The SMILES string of the molecule is COc1cc(/C=N\NC(=O)c2nnn(-c3nonc3N)c2COc2ccc(F)cc2)cc(Br)c1OCc1ccccc1. The molecule has 0 atom stereocenters. The zero-order chi connectivity index (χ0) is 29.5. The Morgan fingerprint density at radius 3 is 2.62 bits per heavy atom. The topological polar surface area (TPSA) is 165 Å². The molecule has 3 N–H and O–H groups in total. The molecule has 3 aromatic carbocycles. The summed E-state index contributed by atoms with van der Waals surface area (Å²) in [7, 11) is 1.52. The van der Waals surface area contributed by atoms with E-state index in [-0.39, 0.29) is 29.6 Å². The van der Waals surface area contributed by atoms with Gasteiger partial charge in [0.05, 0.1) is 17.8 Å². The van der Waals surface area contributed by atoms with Gasteiger partial charge in [0.15, 0.2) is 17.2 Å². The quantitative estimate of drug-likeness (QED) is 0.159. The summed E-state index contributed by atoms with van der Waals surface area (Å²) in [4.78, 5) is 13.1. The lowest BCUT2D eigenvalue weighted by molar-refractivity contribution is 0.0947. The molecular weight excluding hydrogens is 615 g/mol. The second-order valence-electron chi connectivity index (χ2n) is 8.52. The van der Waals surface area contributed by atoms with E-state index in [9.17, 15) is 9.18 Å². The number of benzene rings is 3. The summed E-state index contributed by atoms with van der Waals surface area (Å²) >= 11 is 3.51. The van der Waals surface area contributed by atoms with E-state index in [1.807, 2.05) is 30.3 Å². The highest BCUT2D eigenvalue weighted by Gasteiger charge is 2.24. The van der Waals surface area contributed by atoms with Gasteiger partial charge in [-0.1, -0.05) is 35.5 Å². The molecule has 42 heavy (non-hydrogen) atoms. The summed E-state index contributed by atoms with van der Waals surface area (Å²) in [6.07, 6.45) is 1.42. The van der Waals surface area contributed by atoms with Gasteiger partial charge in [-0.3, -0.25) is 4.79 Å². The van der Waals surface area contributed by atoms with Gasteiger partial charge in [0.1, 0.15) is 30.5 Å². The number of ether oxygens (including phenoxy) is 3. The highest BCUT2D eigenvalue weighted by Crippen LogP contribution is 2.37. The van der Waals surface area contributed by atoms with E-state index in [2.05, 4.69) is 51.7 Å². The molecule has 5 aromatic rings. The van der Waals surface area contributed by atoms with Crippen molar-refractivity contribution >= 4 is 33.9 Å². The van der Waals surface area contributed by atoms with Crippen molar-refractivity contribution in [2.45, 2.75) is 13.2 Å². The number of anilines is 1. The number of nitrogens with one attached hydrogen (secondary N) is 1. The number of nitrogens with two attached hydrogens (primary N) is 1. The summed E-state index contributed by atoms with van der Waals surface area (Å²) in [6, 6.07) is 18.5. The third-order valence-corrected chi connectivity index (χ3v) is 6.31. The average molecular weight is 637 g/mol. The molecular formula is C27H22BrFN8O5. The Morgan fingerprint density at radius 1 is 1.12 bits per heavy atom. The molecule has 5 rings (SSSR count). The molecule has 0 saturated heterocycles. The van der Waals surface area contributed by atoms with Crippen molar-refractivity contribution in [1.82, 2.24) is 30.7 Å². The van der Waals surface area contributed by atoms with Gasteiger partial charge in [-0.25, -0.2) is 14.4 Å². The first-order valence-electron chi connectivity index (χ1n) is 12.2. The van der Waals surface area contributed by atoms with E-state index in [0.29, 0.717) is 33.9 Å². The van der Waals surface area contributed by atoms with Crippen molar-refractivity contribution in [1.29, 1.82) is 0 Å². The standard InChI is InChI=1S/C27H22BrFN8O5/c1-39-22-12-17(11-20(28)24(22)41-14-16-5-3-2-4-6-16)13-31-33-27(38)23-21(15-40-19-9-7-18(29)8-10-19)37(36-32-23)26-25(30)34-42-35-26/h2-13H,14-15H2,1H3,(H2,30,34)(H,33,38)/b31-13-. The average Bonchev–Trinajstić information content (AvgIpc) is 3.62. The number of hydrogen-bond acceptors (Lipinski definition) is 11. The Hall–Kier alpha value is -5.31. The molecule has 13 nitrogen and oxygen atoms in total. The maximum atomic E-state index is 13.3. The zero-order valence-corrected chi connectivity index (χ0v) is 23.5. The summed E-state index contributed by atoms with van der Waals surface area (Å²) in [6.45, 7) is 0.148. The number of carbonyl (C=O) groups excluding carboxylic acids is 1. The molecule has 15 heteroatoms. The number of halogens is 2. The van der Waals surface area contributed by atoms with E-state index >= 15 is 0 Å². The first-order valence-corrected chi connectivity index (χ1v) is 13.0. The van der Waals surface area contributed by atoms with Gasteiger partial charge in [-0.15, -0.1) is 5.10 Å². The maximum Gasteiger partial charge on any atom is 0.293 e. The van der Waals surface area contributed by atoms with Crippen molar-refractivity contribution in [3.8, 4) is 23.1 Å². The van der Waals surface area contributed by atoms with Gasteiger partial charge < -0.3 is 19.9 Å². The molecule has 0 spiro atoms. The van der Waals surface area contributed by atoms with Crippen LogP contribution in [-0.2, 0) is 13.2 Å². The fourth-order valence-electron chi connectivity index (χ4n) is 3.70. The van der Waals surface area contributed by atoms with Crippen LogP contribution in [0.3, 0.4) is 0 Å². The van der Waals surface area contributed by atoms with Crippen LogP contribution in [0.25, 0.3) is 5.82 Å². The first-order chi connectivity index (χ1) is 20.4. The van der Waals surface area contributed by atoms with E-state index in [1.54, 1.807) is 12.1 Å². The van der Waals surface area contributed by atoms with E-state index < -0.39 is 11.7 Å². The van der Waals surface area contributed by atoms with Crippen molar-refractivity contribution in [3.63, 3.8) is 0 Å². The van der Waals surface area contributed by atoms with Crippen LogP contribution in [-0.4, -0.2) is 44.5 Å². The highest BCUT2D eigenvalue weighted by molar-refractivity contribution is 9.10. The minimum atomic E-state index is -0.695. The van der Waals surface area contributed by atoms with Crippen molar-refractivity contribution < 1.29 is 28.0 Å². The first kappa shape index (κ1) is 28.2. The Morgan fingerprint density at radius 2 is 1.90 bits per heavy atom. The van der Waals surface area contributed by atoms with Crippen molar-refractivity contribution in [3.05, 3.63) is 99.5 Å². The third kappa shape index (κ3) is 6.52. The summed E-state index contributed by atoms with van der Waals surface area (Å²) < 4.78 is 36.9. The third-order valence-electron chi connectivity index (χ3n) is 5.72. The van der Waals surface area contributed by atoms with Crippen LogP contribution < -0.4 is 25.4 Å². The molecule has 0 aliphatic heterocycles. The molecule has 214 valence electrons. The molecule has 0 bridgehead atoms. The van der Waals surface area contributed by atoms with Crippen LogP contribution in [0.1, 0.15) is 27.3 Å². The van der Waals surface area contributed by atoms with E-state index in [4.69, 9.17) is 19.9 Å². The van der Waals surface area contributed by atoms with Crippen LogP contribution in [0.5, 0.6) is 17.2 Å². The summed E-state index contributed by atoms with van der Waals surface area (Å²) in [5, 5.41) is 19.2. The molecule has 0 saturated carbocycles. The molecule has 0 fully saturated rings. The maximum absolute atomic E-state index is 13.3.